The van der Waals surface area contributed by atoms with Gasteiger partial charge in [-0.1, -0.05) is 6.92 Å². The molecular formula is C14H27N3O. The topological polar surface area (TPSA) is 53.2 Å². The second kappa shape index (κ2) is 7.10. The van der Waals surface area contributed by atoms with Gasteiger partial charge in [-0.05, 0) is 57.2 Å². The summed E-state index contributed by atoms with van der Waals surface area (Å²) in [5.74, 6) is 1.49. The number of rotatable bonds is 4. The van der Waals surface area contributed by atoms with Crippen molar-refractivity contribution in [3.05, 3.63) is 0 Å². The van der Waals surface area contributed by atoms with Crippen molar-refractivity contribution in [3.8, 4) is 0 Å². The van der Waals surface area contributed by atoms with E-state index in [-0.39, 0.29) is 5.91 Å². The lowest BCUT2D eigenvalue weighted by Gasteiger charge is -2.29. The van der Waals surface area contributed by atoms with Gasteiger partial charge in [-0.15, -0.1) is 0 Å². The Bertz CT molecular complexity index is 258. The average Bonchev–Trinajstić information content (AvgIpc) is 2.40. The summed E-state index contributed by atoms with van der Waals surface area (Å²) in [6, 6.07) is 0.353. The highest BCUT2D eigenvalue weighted by Gasteiger charge is 2.23. The molecule has 0 saturated carbocycles. The molecular weight excluding hydrogens is 226 g/mol. The van der Waals surface area contributed by atoms with Gasteiger partial charge in [0.15, 0.2) is 0 Å². The van der Waals surface area contributed by atoms with Crippen LogP contribution in [0.25, 0.3) is 0 Å². The molecule has 2 aliphatic rings. The second-order valence-electron chi connectivity index (χ2n) is 5.88. The normalized spacial score (nSPS) is 27.7. The molecule has 2 saturated heterocycles. The molecule has 18 heavy (non-hydrogen) atoms. The summed E-state index contributed by atoms with van der Waals surface area (Å²) in [5, 5.41) is 9.89. The van der Waals surface area contributed by atoms with Crippen molar-refractivity contribution in [1.29, 1.82) is 0 Å². The van der Waals surface area contributed by atoms with Gasteiger partial charge in [0, 0.05) is 19.0 Å². The lowest BCUT2D eigenvalue weighted by molar-refractivity contribution is -0.123. The highest BCUT2D eigenvalue weighted by atomic mass is 16.1. The van der Waals surface area contributed by atoms with Gasteiger partial charge >= 0.3 is 0 Å². The molecule has 104 valence electrons. The van der Waals surface area contributed by atoms with Crippen LogP contribution in [0.3, 0.4) is 0 Å². The smallest absolute Gasteiger partial charge is 0.220 e. The van der Waals surface area contributed by atoms with E-state index >= 15 is 0 Å². The second-order valence-corrected chi connectivity index (χ2v) is 5.88. The zero-order chi connectivity index (χ0) is 12.8. The molecule has 1 amide bonds. The van der Waals surface area contributed by atoms with Crippen LogP contribution in [-0.4, -0.2) is 38.1 Å². The molecule has 0 bridgehead atoms. The predicted octanol–water partition coefficient (Wildman–Crippen LogP) is 0.880. The van der Waals surface area contributed by atoms with Crippen LogP contribution in [-0.2, 0) is 4.79 Å². The Morgan fingerprint density at radius 3 is 2.67 bits per heavy atom. The van der Waals surface area contributed by atoms with E-state index in [2.05, 4.69) is 22.9 Å². The summed E-state index contributed by atoms with van der Waals surface area (Å²) in [5.41, 5.74) is 0. The minimum Gasteiger partial charge on any atom is -0.352 e. The van der Waals surface area contributed by atoms with Gasteiger partial charge in [-0.2, -0.15) is 0 Å². The number of carbonyl (C=O) groups excluding carboxylic acids is 1. The van der Waals surface area contributed by atoms with Crippen LogP contribution < -0.4 is 16.0 Å². The quantitative estimate of drug-likeness (QED) is 0.697. The Kier molecular flexibility index (Phi) is 5.45. The van der Waals surface area contributed by atoms with Crippen LogP contribution in [0, 0.1) is 11.8 Å². The van der Waals surface area contributed by atoms with Crippen molar-refractivity contribution in [2.75, 3.05) is 26.2 Å². The van der Waals surface area contributed by atoms with Crippen LogP contribution in [0.4, 0.5) is 0 Å². The third-order valence-corrected chi connectivity index (χ3v) is 4.36. The van der Waals surface area contributed by atoms with E-state index in [1.165, 1.54) is 19.3 Å². The van der Waals surface area contributed by atoms with E-state index in [1.807, 2.05) is 0 Å². The van der Waals surface area contributed by atoms with Crippen molar-refractivity contribution in [2.24, 2.45) is 11.8 Å². The maximum absolute atomic E-state index is 12.0. The molecule has 0 aromatic carbocycles. The third kappa shape index (κ3) is 4.25. The van der Waals surface area contributed by atoms with E-state index in [0.717, 1.165) is 38.5 Å². The Morgan fingerprint density at radius 1 is 1.22 bits per heavy atom. The van der Waals surface area contributed by atoms with E-state index in [1.54, 1.807) is 0 Å². The molecule has 2 fully saturated rings. The Labute approximate surface area is 110 Å². The van der Waals surface area contributed by atoms with E-state index < -0.39 is 0 Å². The minimum absolute atomic E-state index is 0.245. The first-order valence-corrected chi connectivity index (χ1v) is 7.46. The van der Waals surface area contributed by atoms with Crippen LogP contribution >= 0.6 is 0 Å². The first-order chi connectivity index (χ1) is 8.75. The van der Waals surface area contributed by atoms with Crippen molar-refractivity contribution in [2.45, 2.75) is 45.1 Å². The Balaban J connectivity index is 1.68. The van der Waals surface area contributed by atoms with Gasteiger partial charge in [-0.25, -0.2) is 0 Å². The summed E-state index contributed by atoms with van der Waals surface area (Å²) in [7, 11) is 0. The fourth-order valence-corrected chi connectivity index (χ4v) is 3.13. The number of nitrogens with one attached hydrogen (secondary N) is 3. The molecule has 0 radical (unpaired) electrons. The zero-order valence-electron chi connectivity index (χ0n) is 11.5. The summed E-state index contributed by atoms with van der Waals surface area (Å²) in [6.45, 7) is 6.49. The summed E-state index contributed by atoms with van der Waals surface area (Å²) >= 11 is 0. The predicted molar refractivity (Wildman–Crippen MR) is 73.4 cm³/mol. The van der Waals surface area contributed by atoms with Crippen molar-refractivity contribution in [3.63, 3.8) is 0 Å². The number of hydrogen-bond donors (Lipinski definition) is 3. The monoisotopic (exact) mass is 253 g/mol. The van der Waals surface area contributed by atoms with Gasteiger partial charge in [0.1, 0.15) is 0 Å². The number of hydrogen-bond acceptors (Lipinski definition) is 3. The maximum atomic E-state index is 12.0. The molecule has 3 N–H and O–H groups in total. The molecule has 2 aliphatic heterocycles. The van der Waals surface area contributed by atoms with Crippen LogP contribution in [0.5, 0.6) is 0 Å². The summed E-state index contributed by atoms with van der Waals surface area (Å²) in [6.07, 6.45) is 5.44. The third-order valence-electron chi connectivity index (χ3n) is 4.36. The summed E-state index contributed by atoms with van der Waals surface area (Å²) in [4.78, 5) is 12.0. The van der Waals surface area contributed by atoms with Gasteiger partial charge in [0.05, 0.1) is 0 Å². The van der Waals surface area contributed by atoms with E-state index in [9.17, 15) is 4.79 Å². The van der Waals surface area contributed by atoms with Gasteiger partial charge < -0.3 is 16.0 Å². The van der Waals surface area contributed by atoms with E-state index in [4.69, 9.17) is 0 Å². The molecule has 4 nitrogen and oxygen atoms in total. The highest BCUT2D eigenvalue weighted by Crippen LogP contribution is 2.24. The lowest BCUT2D eigenvalue weighted by atomic mass is 9.84. The fraction of sp³-hybridized carbons (Fsp3) is 0.929. The summed E-state index contributed by atoms with van der Waals surface area (Å²) < 4.78 is 0. The van der Waals surface area contributed by atoms with Crippen molar-refractivity contribution in [1.82, 2.24) is 16.0 Å². The first-order valence-electron chi connectivity index (χ1n) is 7.46. The van der Waals surface area contributed by atoms with Crippen LogP contribution in [0.15, 0.2) is 0 Å². The van der Waals surface area contributed by atoms with Crippen molar-refractivity contribution >= 4 is 5.91 Å². The molecule has 4 heteroatoms. The standard InChI is InChI=1S/C14H27N3O/c1-11(12-4-7-15-8-5-12)9-14(18)17-13-3-2-6-16-10-13/h11-13,15-16H,2-10H2,1H3,(H,17,18)/t11?,13-/m0/s1. The fourth-order valence-electron chi connectivity index (χ4n) is 3.13. The van der Waals surface area contributed by atoms with Crippen molar-refractivity contribution < 1.29 is 4.79 Å². The minimum atomic E-state index is 0.245. The molecule has 2 heterocycles. The first kappa shape index (κ1) is 13.8. The lowest BCUT2D eigenvalue weighted by Crippen LogP contribution is -2.46. The Hall–Kier alpha value is -0.610. The number of piperidine rings is 2. The maximum Gasteiger partial charge on any atom is 0.220 e. The molecule has 0 aromatic heterocycles. The highest BCUT2D eigenvalue weighted by molar-refractivity contribution is 5.76. The molecule has 0 spiro atoms. The molecule has 0 aromatic rings. The average molecular weight is 253 g/mol. The largest absolute Gasteiger partial charge is 0.352 e. The molecule has 1 unspecified atom stereocenters. The van der Waals surface area contributed by atoms with Gasteiger partial charge in [0.2, 0.25) is 5.91 Å². The number of amides is 1. The molecule has 2 atom stereocenters. The van der Waals surface area contributed by atoms with Crippen LogP contribution in [0.2, 0.25) is 0 Å². The SMILES string of the molecule is CC(CC(=O)N[C@H]1CCCNC1)C1CCNCC1. The molecule has 0 aliphatic carbocycles. The Morgan fingerprint density at radius 2 is 2.00 bits per heavy atom. The van der Waals surface area contributed by atoms with E-state index in [0.29, 0.717) is 18.4 Å². The zero-order valence-corrected chi connectivity index (χ0v) is 11.5. The van der Waals surface area contributed by atoms with Gasteiger partial charge in [-0.3, -0.25) is 4.79 Å². The van der Waals surface area contributed by atoms with Gasteiger partial charge in [0.25, 0.3) is 0 Å². The van der Waals surface area contributed by atoms with Crippen LogP contribution in [0.1, 0.15) is 39.0 Å². The number of carbonyl (C=O) groups is 1. The molecule has 2 rings (SSSR count).